The van der Waals surface area contributed by atoms with Gasteiger partial charge in [0.25, 0.3) is 5.91 Å². The average Bonchev–Trinajstić information content (AvgIpc) is 3.35. The molecule has 1 unspecified atom stereocenters. The van der Waals surface area contributed by atoms with Gasteiger partial charge in [-0.3, -0.25) is 39.2 Å². The van der Waals surface area contributed by atoms with E-state index in [4.69, 9.17) is 17.0 Å². The van der Waals surface area contributed by atoms with Crippen molar-refractivity contribution in [2.45, 2.75) is 104 Å². The molecule has 0 saturated carbocycles. The number of Topliss-reactive ketones (excluding diaryl/α,β-unsaturated/α-hetero) is 1. The predicted molar refractivity (Wildman–Crippen MR) is 223 cm³/mol. The number of amides is 3. The predicted octanol–water partition coefficient (Wildman–Crippen LogP) is 6.02. The number of benzene rings is 2. The second-order valence-electron chi connectivity index (χ2n) is 16.6. The molecular weight excluding hydrogens is 796 g/mol. The number of anilines is 2. The van der Waals surface area contributed by atoms with Crippen molar-refractivity contribution in [1.29, 1.82) is 5.26 Å². The molecule has 0 bridgehead atoms. The van der Waals surface area contributed by atoms with Crippen LogP contribution >= 0.6 is 12.2 Å². The summed E-state index contributed by atoms with van der Waals surface area (Å²) in [5.74, 6) is -0.492. The van der Waals surface area contributed by atoms with E-state index in [1.165, 1.54) is 6.07 Å². The third-order valence-electron chi connectivity index (χ3n) is 11.5. The fraction of sp³-hybridized carbons (Fsp3) is 0.477. The van der Waals surface area contributed by atoms with Gasteiger partial charge in [-0.2, -0.15) is 18.4 Å². The number of halogens is 3. The number of nitrogens with one attached hydrogen (secondary N) is 1. The Morgan fingerprint density at radius 3 is 2.42 bits per heavy atom. The smallest absolute Gasteiger partial charge is 0.419 e. The second kappa shape index (κ2) is 17.8. The molecule has 60 heavy (non-hydrogen) atoms. The molecule has 0 aliphatic carbocycles. The average molecular weight is 846 g/mol. The number of nitriles is 1. The molecule has 0 radical (unpaired) electrons. The van der Waals surface area contributed by atoms with Gasteiger partial charge in [-0.05, 0) is 107 Å². The molecule has 3 aliphatic rings. The maximum Gasteiger partial charge on any atom is 0.419 e. The number of hydrogen-bond donors (Lipinski definition) is 1. The number of carbonyl (C=O) groups is 4. The first-order chi connectivity index (χ1) is 28.3. The highest BCUT2D eigenvalue weighted by atomic mass is 32.1. The minimum Gasteiger partial charge on any atom is -0.489 e. The lowest BCUT2D eigenvalue weighted by Crippen LogP contribution is -2.59. The van der Waals surface area contributed by atoms with Gasteiger partial charge in [0.05, 0.1) is 24.0 Å². The van der Waals surface area contributed by atoms with Gasteiger partial charge in [-0.1, -0.05) is 31.2 Å². The van der Waals surface area contributed by atoms with Crippen molar-refractivity contribution in [1.82, 2.24) is 20.1 Å². The first-order valence-corrected chi connectivity index (χ1v) is 20.6. The van der Waals surface area contributed by atoms with Crippen LogP contribution < -0.4 is 19.9 Å². The number of thiocarbonyl (C=S) groups is 1. The minimum atomic E-state index is -4.86. The number of carbonyl (C=O) groups excluding carboxylic acids is 4. The number of pyridine rings is 1. The van der Waals surface area contributed by atoms with E-state index in [1.54, 1.807) is 24.8 Å². The summed E-state index contributed by atoms with van der Waals surface area (Å²) in [5.41, 5.74) is -0.180. The second-order valence-corrected chi connectivity index (χ2v) is 16.9. The number of hydrogen-bond acceptors (Lipinski definition) is 10. The van der Waals surface area contributed by atoms with E-state index < -0.39 is 28.9 Å². The Labute approximate surface area is 353 Å². The number of aryl methyl sites for hydroxylation is 1. The zero-order chi connectivity index (χ0) is 43.7. The van der Waals surface area contributed by atoms with Gasteiger partial charge in [0, 0.05) is 56.2 Å². The van der Waals surface area contributed by atoms with E-state index >= 15 is 0 Å². The molecule has 16 heteroatoms. The zero-order valence-electron chi connectivity index (χ0n) is 34.6. The summed E-state index contributed by atoms with van der Waals surface area (Å²) in [6.07, 6.45) is -1.75. The Balaban J connectivity index is 1.05. The number of piperazine rings is 1. The highest BCUT2D eigenvalue weighted by molar-refractivity contribution is 7.81. The molecule has 1 aromatic heterocycles. The molecule has 12 nitrogen and oxygen atoms in total. The monoisotopic (exact) mass is 845 g/mol. The SMILES string of the molecule is CCc1cc(N2C(=S)N(c3cnc(C#N)c(C(F)(F)F)c3)C(=O)C2(C)C)ccc1O[C@H](C)CN1C[C@@H](C)N(CC(=O)Cc2cccc(CC3CCC(=O)NC3=O)c2)[C@@H](C)C1. The van der Waals surface area contributed by atoms with Crippen molar-refractivity contribution < 1.29 is 37.1 Å². The summed E-state index contributed by atoms with van der Waals surface area (Å²) in [6.45, 7) is 14.0. The van der Waals surface area contributed by atoms with E-state index in [-0.39, 0.29) is 52.5 Å². The van der Waals surface area contributed by atoms with Crippen LogP contribution in [0.15, 0.2) is 54.7 Å². The summed E-state index contributed by atoms with van der Waals surface area (Å²) in [4.78, 5) is 61.8. The molecule has 4 atom stereocenters. The Morgan fingerprint density at radius 2 is 1.77 bits per heavy atom. The van der Waals surface area contributed by atoms with Crippen molar-refractivity contribution >= 4 is 52.2 Å². The summed E-state index contributed by atoms with van der Waals surface area (Å²) < 4.78 is 47.8. The molecule has 3 aliphatic heterocycles. The Hall–Kier alpha value is -5.24. The Kier molecular flexibility index (Phi) is 13.1. The van der Waals surface area contributed by atoms with E-state index in [1.807, 2.05) is 50.2 Å². The van der Waals surface area contributed by atoms with Crippen LogP contribution in [-0.2, 0) is 44.6 Å². The van der Waals surface area contributed by atoms with Crippen LogP contribution in [0.25, 0.3) is 0 Å². The first-order valence-electron chi connectivity index (χ1n) is 20.2. The van der Waals surface area contributed by atoms with Gasteiger partial charge in [-0.25, -0.2) is 4.98 Å². The summed E-state index contributed by atoms with van der Waals surface area (Å²) in [6, 6.07) is 15.7. The number of alkyl halides is 3. The van der Waals surface area contributed by atoms with Crippen LogP contribution in [0.1, 0.15) is 82.3 Å². The lowest BCUT2D eigenvalue weighted by molar-refractivity contribution is -0.138. The van der Waals surface area contributed by atoms with Crippen molar-refractivity contribution in [3.63, 3.8) is 0 Å². The van der Waals surface area contributed by atoms with Crippen molar-refractivity contribution in [3.8, 4) is 11.8 Å². The van der Waals surface area contributed by atoms with Gasteiger partial charge in [0.1, 0.15) is 23.5 Å². The number of nitrogens with zero attached hydrogens (tertiary/aromatic N) is 6. The molecule has 2 aromatic carbocycles. The number of ether oxygens (including phenoxy) is 1. The molecule has 4 heterocycles. The van der Waals surface area contributed by atoms with Crippen LogP contribution in [0.5, 0.6) is 5.75 Å². The van der Waals surface area contributed by atoms with Crippen LogP contribution in [0.2, 0.25) is 0 Å². The van der Waals surface area contributed by atoms with Crippen LogP contribution in [-0.4, -0.2) is 93.3 Å². The molecule has 6 rings (SSSR count). The van der Waals surface area contributed by atoms with Crippen LogP contribution in [0.4, 0.5) is 24.5 Å². The fourth-order valence-electron chi connectivity index (χ4n) is 8.55. The maximum atomic E-state index is 13.8. The fourth-order valence-corrected chi connectivity index (χ4v) is 9.07. The molecule has 1 N–H and O–H groups in total. The van der Waals surface area contributed by atoms with Gasteiger partial charge in [-0.15, -0.1) is 0 Å². The summed E-state index contributed by atoms with van der Waals surface area (Å²) in [5, 5.41) is 11.6. The topological polar surface area (TPSA) is 139 Å². The molecule has 0 spiro atoms. The number of ketones is 1. The zero-order valence-corrected chi connectivity index (χ0v) is 35.5. The van der Waals surface area contributed by atoms with E-state index in [9.17, 15) is 37.6 Å². The molecule has 3 aromatic rings. The maximum absolute atomic E-state index is 13.8. The Bertz CT molecular complexity index is 2210. The first kappa shape index (κ1) is 44.3. The van der Waals surface area contributed by atoms with E-state index in [0.29, 0.717) is 56.6 Å². The van der Waals surface area contributed by atoms with Crippen molar-refractivity contribution in [3.05, 3.63) is 82.7 Å². The number of aromatic nitrogens is 1. The molecule has 318 valence electrons. The summed E-state index contributed by atoms with van der Waals surface area (Å²) in [7, 11) is 0. The standard InChI is InChI=1S/C44H50F3N7O5S/c1-7-31-18-33(54-42(60)53(41(58)43(54,5)6)34-19-36(44(45,46)47)37(20-48)49-21-34)12-13-38(31)59-28(4)24-51-22-26(2)52(27(3)23-51)25-35(55)17-30-10-8-9-29(15-30)16-32-11-14-39(56)50-40(32)57/h8-10,12-13,15,18-19,21,26-28,32H,7,11,14,16-17,22-25H2,1-6H3,(H,50,56,57)/t26-,27+,28-,32?/m1/s1. The number of piperidine rings is 1. The van der Waals surface area contributed by atoms with Gasteiger partial charge < -0.3 is 9.64 Å². The van der Waals surface area contributed by atoms with Gasteiger partial charge in [0.15, 0.2) is 16.6 Å². The number of rotatable bonds is 13. The lowest BCUT2D eigenvalue weighted by Gasteiger charge is -2.44. The lowest BCUT2D eigenvalue weighted by atomic mass is 9.90. The van der Waals surface area contributed by atoms with Crippen molar-refractivity contribution in [2.24, 2.45) is 5.92 Å². The molecular formula is C44H50F3N7O5S. The molecule has 3 fully saturated rings. The largest absolute Gasteiger partial charge is 0.489 e. The minimum absolute atomic E-state index is 0.0194. The van der Waals surface area contributed by atoms with Crippen LogP contribution in [0, 0.1) is 17.2 Å². The van der Waals surface area contributed by atoms with Gasteiger partial charge in [0.2, 0.25) is 11.8 Å². The highest BCUT2D eigenvalue weighted by Crippen LogP contribution is 2.40. The van der Waals surface area contributed by atoms with Crippen LogP contribution in [0.3, 0.4) is 0 Å². The normalized spacial score (nSPS) is 21.8. The summed E-state index contributed by atoms with van der Waals surface area (Å²) >= 11 is 5.72. The van der Waals surface area contributed by atoms with E-state index in [0.717, 1.165) is 46.9 Å². The quantitative estimate of drug-likeness (QED) is 0.160. The molecule has 3 saturated heterocycles. The highest BCUT2D eigenvalue weighted by Gasteiger charge is 2.51. The third kappa shape index (κ3) is 9.53. The van der Waals surface area contributed by atoms with E-state index in [2.05, 4.69) is 33.9 Å². The Morgan fingerprint density at radius 1 is 1.07 bits per heavy atom. The van der Waals surface area contributed by atoms with Crippen molar-refractivity contribution in [2.75, 3.05) is 36.0 Å². The number of imide groups is 1. The third-order valence-corrected chi connectivity index (χ3v) is 11.9. The van der Waals surface area contributed by atoms with Gasteiger partial charge >= 0.3 is 6.18 Å². The molecule has 3 amide bonds.